The van der Waals surface area contributed by atoms with Crippen molar-refractivity contribution in [2.45, 2.75) is 19.3 Å². The van der Waals surface area contributed by atoms with Gasteiger partial charge in [0.1, 0.15) is 0 Å². The summed E-state index contributed by atoms with van der Waals surface area (Å²) in [7, 11) is 0. The van der Waals surface area contributed by atoms with E-state index in [1.807, 2.05) is 6.07 Å². The van der Waals surface area contributed by atoms with Gasteiger partial charge in [-0.15, -0.1) is 0 Å². The van der Waals surface area contributed by atoms with Gasteiger partial charge in [-0.05, 0) is 30.5 Å². The number of likely N-dealkylation sites (tertiary alicyclic amines) is 1. The molecule has 2 N–H and O–H groups in total. The highest BCUT2D eigenvalue weighted by Crippen LogP contribution is 2.17. The number of benzene rings is 1. The Hall–Kier alpha value is -2.35. The maximum Gasteiger partial charge on any atom is 0.226 e. The van der Waals surface area contributed by atoms with Crippen LogP contribution in [0.25, 0.3) is 0 Å². The SMILES string of the molecule is N#Cc1ccc(CC(=O)N2CCC(C(N)=O)CC2)cc1. The fourth-order valence-corrected chi connectivity index (χ4v) is 2.40. The van der Waals surface area contributed by atoms with Crippen molar-refractivity contribution in [2.24, 2.45) is 11.7 Å². The lowest BCUT2D eigenvalue weighted by Crippen LogP contribution is -2.42. The van der Waals surface area contributed by atoms with Gasteiger partial charge in [-0.25, -0.2) is 0 Å². The number of hydrogen-bond donors (Lipinski definition) is 1. The van der Waals surface area contributed by atoms with Gasteiger partial charge in [-0.3, -0.25) is 9.59 Å². The van der Waals surface area contributed by atoms with E-state index < -0.39 is 0 Å². The lowest BCUT2D eigenvalue weighted by atomic mass is 9.96. The van der Waals surface area contributed by atoms with E-state index in [-0.39, 0.29) is 17.7 Å². The Morgan fingerprint density at radius 3 is 2.35 bits per heavy atom. The second kappa shape index (κ2) is 6.20. The molecule has 5 heteroatoms. The van der Waals surface area contributed by atoms with E-state index in [0.29, 0.717) is 37.9 Å². The molecule has 1 aromatic carbocycles. The molecule has 1 aliphatic heterocycles. The fraction of sp³-hybridized carbons (Fsp3) is 0.400. The zero-order valence-electron chi connectivity index (χ0n) is 11.2. The minimum Gasteiger partial charge on any atom is -0.369 e. The summed E-state index contributed by atoms with van der Waals surface area (Å²) in [6.45, 7) is 1.17. The van der Waals surface area contributed by atoms with Gasteiger partial charge in [-0.1, -0.05) is 12.1 Å². The first kappa shape index (κ1) is 14.1. The Balaban J connectivity index is 1.89. The molecule has 0 unspecified atom stereocenters. The van der Waals surface area contributed by atoms with Crippen LogP contribution in [0, 0.1) is 17.2 Å². The summed E-state index contributed by atoms with van der Waals surface area (Å²) in [4.78, 5) is 25.0. The van der Waals surface area contributed by atoms with E-state index in [0.717, 1.165) is 5.56 Å². The van der Waals surface area contributed by atoms with E-state index in [1.165, 1.54) is 0 Å². The average Bonchev–Trinajstić information content (AvgIpc) is 2.48. The van der Waals surface area contributed by atoms with Crippen molar-refractivity contribution in [1.82, 2.24) is 4.90 Å². The van der Waals surface area contributed by atoms with Crippen molar-refractivity contribution in [3.05, 3.63) is 35.4 Å². The molecule has 1 aliphatic rings. The summed E-state index contributed by atoms with van der Waals surface area (Å²) >= 11 is 0. The predicted molar refractivity (Wildman–Crippen MR) is 73.4 cm³/mol. The highest BCUT2D eigenvalue weighted by Gasteiger charge is 2.25. The highest BCUT2D eigenvalue weighted by molar-refractivity contribution is 5.80. The van der Waals surface area contributed by atoms with E-state index in [4.69, 9.17) is 11.0 Å². The van der Waals surface area contributed by atoms with Crippen LogP contribution in [0.3, 0.4) is 0 Å². The van der Waals surface area contributed by atoms with Gasteiger partial charge in [0, 0.05) is 19.0 Å². The van der Waals surface area contributed by atoms with E-state index in [9.17, 15) is 9.59 Å². The molecule has 0 aromatic heterocycles. The molecular formula is C15H17N3O2. The van der Waals surface area contributed by atoms with Crippen molar-refractivity contribution in [2.75, 3.05) is 13.1 Å². The monoisotopic (exact) mass is 271 g/mol. The van der Waals surface area contributed by atoms with Gasteiger partial charge < -0.3 is 10.6 Å². The summed E-state index contributed by atoms with van der Waals surface area (Å²) in [6.07, 6.45) is 1.62. The minimum atomic E-state index is -0.274. The van der Waals surface area contributed by atoms with Crippen molar-refractivity contribution in [3.63, 3.8) is 0 Å². The number of carbonyl (C=O) groups is 2. The summed E-state index contributed by atoms with van der Waals surface area (Å²) in [5.41, 5.74) is 6.75. The molecule has 1 heterocycles. The second-order valence-corrected chi connectivity index (χ2v) is 5.04. The van der Waals surface area contributed by atoms with Crippen LogP contribution in [0.15, 0.2) is 24.3 Å². The third kappa shape index (κ3) is 3.35. The number of nitrogens with zero attached hydrogens (tertiary/aromatic N) is 2. The fourth-order valence-electron chi connectivity index (χ4n) is 2.40. The van der Waals surface area contributed by atoms with Gasteiger partial charge in [0.05, 0.1) is 18.1 Å². The first-order valence-corrected chi connectivity index (χ1v) is 6.66. The Morgan fingerprint density at radius 1 is 1.25 bits per heavy atom. The molecule has 1 aromatic rings. The number of carbonyl (C=O) groups excluding carboxylic acids is 2. The largest absolute Gasteiger partial charge is 0.369 e. The average molecular weight is 271 g/mol. The van der Waals surface area contributed by atoms with Crippen LogP contribution >= 0.6 is 0 Å². The minimum absolute atomic E-state index is 0.0534. The van der Waals surface area contributed by atoms with Gasteiger partial charge in [-0.2, -0.15) is 5.26 Å². The lowest BCUT2D eigenvalue weighted by molar-refractivity contribution is -0.134. The van der Waals surface area contributed by atoms with Crippen LogP contribution in [0.2, 0.25) is 0 Å². The lowest BCUT2D eigenvalue weighted by Gasteiger charge is -2.30. The third-order valence-electron chi connectivity index (χ3n) is 3.69. The molecule has 2 amide bonds. The maximum atomic E-state index is 12.1. The molecular weight excluding hydrogens is 254 g/mol. The number of nitriles is 1. The number of hydrogen-bond acceptors (Lipinski definition) is 3. The Kier molecular flexibility index (Phi) is 4.36. The standard InChI is InChI=1S/C15H17N3O2/c16-10-12-3-1-11(2-4-12)9-14(19)18-7-5-13(6-8-18)15(17)20/h1-4,13H,5-9H2,(H2,17,20). The second-order valence-electron chi connectivity index (χ2n) is 5.04. The van der Waals surface area contributed by atoms with E-state index in [2.05, 4.69) is 0 Å². The Labute approximate surface area is 118 Å². The molecule has 0 aliphatic carbocycles. The van der Waals surface area contributed by atoms with Crippen LogP contribution in [0.5, 0.6) is 0 Å². The van der Waals surface area contributed by atoms with E-state index >= 15 is 0 Å². The zero-order valence-corrected chi connectivity index (χ0v) is 11.2. The molecule has 104 valence electrons. The van der Waals surface area contributed by atoms with Crippen molar-refractivity contribution < 1.29 is 9.59 Å². The highest BCUT2D eigenvalue weighted by atomic mass is 16.2. The normalized spacial score (nSPS) is 15.7. The van der Waals surface area contributed by atoms with E-state index in [1.54, 1.807) is 29.2 Å². The van der Waals surface area contributed by atoms with Crippen molar-refractivity contribution in [3.8, 4) is 6.07 Å². The van der Waals surface area contributed by atoms with Gasteiger partial charge in [0.25, 0.3) is 0 Å². The molecule has 2 rings (SSSR count). The van der Waals surface area contributed by atoms with Crippen LogP contribution in [0.4, 0.5) is 0 Å². The molecule has 0 spiro atoms. The molecule has 0 radical (unpaired) electrons. The topological polar surface area (TPSA) is 87.2 Å². The van der Waals surface area contributed by atoms with Crippen LogP contribution in [-0.2, 0) is 16.0 Å². The smallest absolute Gasteiger partial charge is 0.226 e. The predicted octanol–water partition coefficient (Wildman–Crippen LogP) is 0.825. The van der Waals surface area contributed by atoms with Crippen molar-refractivity contribution in [1.29, 1.82) is 5.26 Å². The van der Waals surface area contributed by atoms with Crippen LogP contribution < -0.4 is 5.73 Å². The molecule has 1 fully saturated rings. The van der Waals surface area contributed by atoms with Crippen LogP contribution in [0.1, 0.15) is 24.0 Å². The van der Waals surface area contributed by atoms with Gasteiger partial charge in [0.2, 0.25) is 11.8 Å². The number of rotatable bonds is 3. The summed E-state index contributed by atoms with van der Waals surface area (Å²) in [5, 5.41) is 8.72. The van der Waals surface area contributed by atoms with Crippen LogP contribution in [-0.4, -0.2) is 29.8 Å². The Morgan fingerprint density at radius 2 is 1.85 bits per heavy atom. The zero-order chi connectivity index (χ0) is 14.5. The maximum absolute atomic E-state index is 12.1. The van der Waals surface area contributed by atoms with Gasteiger partial charge in [0.15, 0.2) is 0 Å². The molecule has 0 bridgehead atoms. The summed E-state index contributed by atoms with van der Waals surface area (Å²) < 4.78 is 0. The number of piperidine rings is 1. The number of primary amides is 1. The molecule has 1 saturated heterocycles. The molecule has 0 saturated carbocycles. The third-order valence-corrected chi connectivity index (χ3v) is 3.69. The molecule has 5 nitrogen and oxygen atoms in total. The van der Waals surface area contributed by atoms with Crippen molar-refractivity contribution >= 4 is 11.8 Å². The van der Waals surface area contributed by atoms with Gasteiger partial charge >= 0.3 is 0 Å². The number of nitrogens with two attached hydrogens (primary N) is 1. The summed E-state index contributed by atoms with van der Waals surface area (Å²) in [6, 6.07) is 9.06. The first-order chi connectivity index (χ1) is 9.60. The quantitative estimate of drug-likeness (QED) is 0.883. The Bertz CT molecular complexity index is 537. The molecule has 0 atom stereocenters. The first-order valence-electron chi connectivity index (χ1n) is 6.66. The molecule has 20 heavy (non-hydrogen) atoms. The summed E-state index contributed by atoms with van der Waals surface area (Å²) in [5.74, 6) is -0.323. The number of amides is 2.